The number of benzene rings is 2. The van der Waals surface area contributed by atoms with Crippen molar-refractivity contribution < 1.29 is 19.1 Å². The second-order valence-corrected chi connectivity index (χ2v) is 7.27. The number of hydrogen-bond acceptors (Lipinski definition) is 6. The van der Waals surface area contributed by atoms with Gasteiger partial charge in [0, 0.05) is 18.7 Å². The number of nitrogens with zero attached hydrogens (tertiary/aromatic N) is 2. The zero-order chi connectivity index (χ0) is 21.5. The summed E-state index contributed by atoms with van der Waals surface area (Å²) in [4.78, 5) is 38.4. The van der Waals surface area contributed by atoms with Crippen molar-refractivity contribution >= 4 is 34.9 Å². The molecule has 0 atom stereocenters. The summed E-state index contributed by atoms with van der Waals surface area (Å²) in [6.45, 7) is 2.68. The Labute approximate surface area is 178 Å². The normalized spacial score (nSPS) is 14.7. The molecular weight excluding hydrogens is 402 g/mol. The first kappa shape index (κ1) is 21.1. The Morgan fingerprint density at radius 1 is 1.17 bits per heavy atom. The quantitative estimate of drug-likeness (QED) is 0.688. The standard InChI is InChI=1S/C22H19N3O4S/c1-2-29-18-9-5-15(6-10-18)13-19-21(27)25(22(28)30-19)12-11-24-20(26)17-7-3-16(14-23)4-8-17/h3-10,13H,2,11-12H2,1H3,(H,24,26). The van der Waals surface area contributed by atoms with Gasteiger partial charge >= 0.3 is 0 Å². The van der Waals surface area contributed by atoms with Crippen molar-refractivity contribution in [3.05, 3.63) is 70.1 Å². The average Bonchev–Trinajstić information content (AvgIpc) is 3.02. The summed E-state index contributed by atoms with van der Waals surface area (Å²) >= 11 is 0.874. The van der Waals surface area contributed by atoms with Crippen LogP contribution in [0, 0.1) is 11.3 Å². The minimum Gasteiger partial charge on any atom is -0.494 e. The van der Waals surface area contributed by atoms with Crippen molar-refractivity contribution in [2.45, 2.75) is 6.92 Å². The van der Waals surface area contributed by atoms with E-state index in [9.17, 15) is 14.4 Å². The van der Waals surface area contributed by atoms with E-state index in [1.807, 2.05) is 25.1 Å². The lowest BCUT2D eigenvalue weighted by Crippen LogP contribution is -2.37. The molecule has 30 heavy (non-hydrogen) atoms. The molecule has 1 fully saturated rings. The molecule has 0 saturated carbocycles. The van der Waals surface area contributed by atoms with Crippen molar-refractivity contribution in [2.75, 3.05) is 19.7 Å². The van der Waals surface area contributed by atoms with Gasteiger partial charge < -0.3 is 10.1 Å². The van der Waals surface area contributed by atoms with Gasteiger partial charge in [-0.1, -0.05) is 12.1 Å². The summed E-state index contributed by atoms with van der Waals surface area (Å²) in [5.41, 5.74) is 1.65. The predicted octanol–water partition coefficient (Wildman–Crippen LogP) is 3.42. The van der Waals surface area contributed by atoms with Crippen molar-refractivity contribution in [1.29, 1.82) is 5.26 Å². The molecule has 0 aromatic heterocycles. The van der Waals surface area contributed by atoms with Crippen LogP contribution in [-0.4, -0.2) is 41.6 Å². The van der Waals surface area contributed by atoms with Crippen LogP contribution in [0.5, 0.6) is 5.75 Å². The predicted molar refractivity (Wildman–Crippen MR) is 114 cm³/mol. The van der Waals surface area contributed by atoms with Crippen LogP contribution in [0.3, 0.4) is 0 Å². The van der Waals surface area contributed by atoms with Gasteiger partial charge in [0.15, 0.2) is 0 Å². The Bertz CT molecular complexity index is 1020. The van der Waals surface area contributed by atoms with Crippen LogP contribution in [-0.2, 0) is 4.79 Å². The van der Waals surface area contributed by atoms with E-state index in [-0.39, 0.29) is 30.1 Å². The molecule has 1 aliphatic rings. The molecule has 2 aromatic rings. The molecule has 0 unspecified atom stereocenters. The number of imide groups is 1. The highest BCUT2D eigenvalue weighted by atomic mass is 32.2. The van der Waals surface area contributed by atoms with Gasteiger partial charge in [-0.15, -0.1) is 0 Å². The van der Waals surface area contributed by atoms with Crippen molar-refractivity contribution in [3.8, 4) is 11.8 Å². The van der Waals surface area contributed by atoms with Crippen LogP contribution in [0.25, 0.3) is 6.08 Å². The number of rotatable bonds is 7. The fourth-order valence-corrected chi connectivity index (χ4v) is 3.62. The first-order valence-corrected chi connectivity index (χ1v) is 10.1. The van der Waals surface area contributed by atoms with Gasteiger partial charge in [-0.25, -0.2) is 0 Å². The summed E-state index contributed by atoms with van der Waals surface area (Å²) in [7, 11) is 0. The number of nitriles is 1. The highest BCUT2D eigenvalue weighted by molar-refractivity contribution is 8.18. The molecule has 1 N–H and O–H groups in total. The molecule has 1 saturated heterocycles. The Kier molecular flexibility index (Phi) is 6.88. The third-order valence-electron chi connectivity index (χ3n) is 4.26. The summed E-state index contributed by atoms with van der Waals surface area (Å²) in [5, 5.41) is 11.1. The number of hydrogen-bond donors (Lipinski definition) is 1. The van der Waals surface area contributed by atoms with Crippen molar-refractivity contribution in [3.63, 3.8) is 0 Å². The van der Waals surface area contributed by atoms with Gasteiger partial charge in [-0.3, -0.25) is 19.3 Å². The summed E-state index contributed by atoms with van der Waals surface area (Å²) in [6.07, 6.45) is 1.66. The van der Waals surface area contributed by atoms with Crippen LogP contribution in [0.1, 0.15) is 28.4 Å². The Hall–Kier alpha value is -3.57. The molecule has 0 spiro atoms. The second kappa shape index (κ2) is 9.76. The van der Waals surface area contributed by atoms with E-state index in [1.165, 1.54) is 0 Å². The molecule has 0 aliphatic carbocycles. The minimum atomic E-state index is -0.383. The maximum atomic E-state index is 12.6. The van der Waals surface area contributed by atoms with Crippen molar-refractivity contribution in [2.24, 2.45) is 0 Å². The van der Waals surface area contributed by atoms with Gasteiger partial charge in [-0.2, -0.15) is 5.26 Å². The average molecular weight is 421 g/mol. The van der Waals surface area contributed by atoms with Crippen LogP contribution >= 0.6 is 11.8 Å². The van der Waals surface area contributed by atoms with E-state index in [0.29, 0.717) is 22.6 Å². The van der Waals surface area contributed by atoms with Gasteiger partial charge in [0.05, 0.1) is 23.1 Å². The molecule has 0 bridgehead atoms. The maximum absolute atomic E-state index is 12.6. The number of thioether (sulfide) groups is 1. The molecule has 0 radical (unpaired) electrons. The maximum Gasteiger partial charge on any atom is 0.293 e. The third kappa shape index (κ3) is 5.07. The van der Waals surface area contributed by atoms with E-state index < -0.39 is 0 Å². The molecule has 3 rings (SSSR count). The first-order chi connectivity index (χ1) is 14.5. The molecule has 2 aromatic carbocycles. The van der Waals surface area contributed by atoms with E-state index in [0.717, 1.165) is 28.0 Å². The van der Waals surface area contributed by atoms with Gasteiger partial charge in [0.1, 0.15) is 5.75 Å². The van der Waals surface area contributed by atoms with Crippen LogP contribution in [0.4, 0.5) is 4.79 Å². The molecule has 152 valence electrons. The molecule has 7 nitrogen and oxygen atoms in total. The molecular formula is C22H19N3O4S. The van der Waals surface area contributed by atoms with E-state index >= 15 is 0 Å². The summed E-state index contributed by atoms with van der Waals surface area (Å²) in [6, 6.07) is 15.4. The highest BCUT2D eigenvalue weighted by Crippen LogP contribution is 2.32. The Balaban J connectivity index is 1.56. The fraction of sp³-hybridized carbons (Fsp3) is 0.182. The van der Waals surface area contributed by atoms with E-state index in [2.05, 4.69) is 5.32 Å². The molecule has 1 heterocycles. The molecule has 1 aliphatic heterocycles. The zero-order valence-electron chi connectivity index (χ0n) is 16.3. The lowest BCUT2D eigenvalue weighted by molar-refractivity contribution is -0.122. The number of carbonyl (C=O) groups excluding carboxylic acids is 3. The second-order valence-electron chi connectivity index (χ2n) is 6.28. The molecule has 3 amide bonds. The van der Waals surface area contributed by atoms with Gasteiger partial charge in [0.25, 0.3) is 17.1 Å². The summed E-state index contributed by atoms with van der Waals surface area (Å²) < 4.78 is 5.39. The zero-order valence-corrected chi connectivity index (χ0v) is 17.1. The third-order valence-corrected chi connectivity index (χ3v) is 5.17. The first-order valence-electron chi connectivity index (χ1n) is 9.28. The lowest BCUT2D eigenvalue weighted by atomic mass is 10.1. The molecule has 8 heteroatoms. The topological polar surface area (TPSA) is 99.5 Å². The van der Waals surface area contributed by atoms with E-state index in [4.69, 9.17) is 10.00 Å². The SMILES string of the molecule is CCOc1ccc(C=C2SC(=O)N(CCNC(=O)c3ccc(C#N)cc3)C2=O)cc1. The van der Waals surface area contributed by atoms with E-state index in [1.54, 1.807) is 42.5 Å². The van der Waals surface area contributed by atoms with Crippen LogP contribution in [0.15, 0.2) is 53.4 Å². The monoisotopic (exact) mass is 421 g/mol. The van der Waals surface area contributed by atoms with Crippen LogP contribution in [0.2, 0.25) is 0 Å². The smallest absolute Gasteiger partial charge is 0.293 e. The Morgan fingerprint density at radius 3 is 2.50 bits per heavy atom. The minimum absolute atomic E-state index is 0.0767. The van der Waals surface area contributed by atoms with Gasteiger partial charge in [0.2, 0.25) is 0 Å². The van der Waals surface area contributed by atoms with Crippen LogP contribution < -0.4 is 10.1 Å². The largest absolute Gasteiger partial charge is 0.494 e. The number of ether oxygens (including phenoxy) is 1. The Morgan fingerprint density at radius 2 is 1.87 bits per heavy atom. The van der Waals surface area contributed by atoms with Gasteiger partial charge in [-0.05, 0) is 66.7 Å². The number of amides is 3. The van der Waals surface area contributed by atoms with Crippen molar-refractivity contribution in [1.82, 2.24) is 10.2 Å². The number of carbonyl (C=O) groups is 3. The fourth-order valence-electron chi connectivity index (χ4n) is 2.75. The summed E-state index contributed by atoms with van der Waals surface area (Å²) in [5.74, 6) is 0.0173. The lowest BCUT2D eigenvalue weighted by Gasteiger charge is -2.13. The highest BCUT2D eigenvalue weighted by Gasteiger charge is 2.34. The number of nitrogens with one attached hydrogen (secondary N) is 1.